The molecule has 0 aromatic carbocycles. The average molecular weight is 126 g/mol. The van der Waals surface area contributed by atoms with Gasteiger partial charge in [0.2, 0.25) is 0 Å². The zero-order valence-electron chi connectivity index (χ0n) is 4.89. The van der Waals surface area contributed by atoms with E-state index in [0.29, 0.717) is 13.2 Å². The molecule has 0 unspecified atom stereocenters. The summed E-state index contributed by atoms with van der Waals surface area (Å²) in [6.45, 7) is 8.18. The zero-order valence-corrected chi connectivity index (χ0v) is 5.89. The molecule has 0 rings (SSSR count). The van der Waals surface area contributed by atoms with Gasteiger partial charge in [-0.25, -0.2) is 0 Å². The van der Waals surface area contributed by atoms with Crippen molar-refractivity contribution in [3.05, 3.63) is 25.3 Å². The summed E-state index contributed by atoms with van der Waals surface area (Å²) in [6, 6.07) is 0. The van der Waals surface area contributed by atoms with E-state index in [1.165, 1.54) is 0 Å². The fourth-order valence-corrected chi connectivity index (χ4v) is 0.235. The maximum absolute atomic E-state index is 4.90. The molecule has 0 saturated heterocycles. The Hall–Kier alpha value is -0.343. The quantitative estimate of drug-likeness (QED) is 0.310. The summed E-state index contributed by atoms with van der Waals surface area (Å²) in [6.07, 6.45) is 3.42. The van der Waals surface area contributed by atoms with Crippen molar-refractivity contribution in [2.45, 2.75) is 0 Å². The monoisotopic (exact) mass is 126 g/mol. The maximum atomic E-state index is 4.90. The Morgan fingerprint density at radius 3 is 1.75 bits per heavy atom. The first-order chi connectivity index (χ1) is 3.41. The molecule has 44 valence electrons. The third-order valence-corrected chi connectivity index (χ3v) is 0.471. The minimum absolute atomic E-state index is 0. The molecule has 0 aliphatic carbocycles. The molecule has 0 bridgehead atoms. The van der Waals surface area contributed by atoms with Crippen molar-refractivity contribution in [2.24, 2.45) is 0 Å². The van der Waals surface area contributed by atoms with Crippen LogP contribution in [0.4, 0.5) is 0 Å². The average Bonchev–Trinajstić information content (AvgIpc) is 1.69. The molecule has 0 saturated carbocycles. The van der Waals surface area contributed by atoms with Crippen molar-refractivity contribution in [2.75, 3.05) is 13.2 Å². The second-order valence-corrected chi connectivity index (χ2v) is 1.11. The highest BCUT2D eigenvalue weighted by Gasteiger charge is 1.70. The van der Waals surface area contributed by atoms with E-state index in [9.17, 15) is 0 Å². The molecule has 0 fully saturated rings. The van der Waals surface area contributed by atoms with Gasteiger partial charge < -0.3 is 4.74 Å². The van der Waals surface area contributed by atoms with E-state index < -0.39 is 0 Å². The highest BCUT2D eigenvalue weighted by Crippen LogP contribution is 1.72. The van der Waals surface area contributed by atoms with Crippen LogP contribution in [0.5, 0.6) is 0 Å². The van der Waals surface area contributed by atoms with E-state index in [-0.39, 0.29) is 11.0 Å². The summed E-state index contributed by atoms with van der Waals surface area (Å²) >= 11 is 0. The van der Waals surface area contributed by atoms with Gasteiger partial charge >= 0.3 is 0 Å². The molecule has 0 aromatic heterocycles. The number of ether oxygens (including phenoxy) is 1. The van der Waals surface area contributed by atoms with E-state index in [2.05, 4.69) is 13.2 Å². The largest absolute Gasteiger partial charge is 0.373 e. The van der Waals surface area contributed by atoms with Gasteiger partial charge in [-0.3, -0.25) is 0 Å². The van der Waals surface area contributed by atoms with E-state index >= 15 is 0 Å². The minimum atomic E-state index is 0. The molecule has 0 spiro atoms. The zero-order chi connectivity index (χ0) is 5.54. The van der Waals surface area contributed by atoms with Gasteiger partial charge in [0.25, 0.3) is 0 Å². The fraction of sp³-hybridized carbons (Fsp3) is 0.333. The van der Waals surface area contributed by atoms with Crippen LogP contribution in [-0.4, -0.2) is 24.2 Å². The molecule has 8 heavy (non-hydrogen) atoms. The summed E-state index contributed by atoms with van der Waals surface area (Å²) in [7, 11) is 0. The van der Waals surface area contributed by atoms with Gasteiger partial charge in [0.1, 0.15) is 0 Å². The highest BCUT2D eigenvalue weighted by molar-refractivity contribution is 5.75. The predicted octanol–water partition coefficient (Wildman–Crippen LogP) is 0.994. The molecule has 0 heterocycles. The lowest BCUT2D eigenvalue weighted by molar-refractivity contribution is 0.194. The SMILES string of the molecule is C=CCOCC=C.[Si]. The molecule has 0 N–H and O–H groups in total. The van der Waals surface area contributed by atoms with Crippen molar-refractivity contribution >= 4 is 11.0 Å². The first-order valence-electron chi connectivity index (χ1n) is 2.21. The fourth-order valence-electron chi connectivity index (χ4n) is 0.235. The lowest BCUT2D eigenvalue weighted by atomic mass is 10.6. The van der Waals surface area contributed by atoms with Crippen LogP contribution in [0.2, 0.25) is 0 Å². The van der Waals surface area contributed by atoms with Gasteiger partial charge in [0.15, 0.2) is 0 Å². The molecular weight excluding hydrogens is 116 g/mol. The van der Waals surface area contributed by atoms with Crippen molar-refractivity contribution in [3.63, 3.8) is 0 Å². The normalized spacial score (nSPS) is 7.00. The molecule has 4 radical (unpaired) electrons. The summed E-state index contributed by atoms with van der Waals surface area (Å²) < 4.78 is 4.90. The van der Waals surface area contributed by atoms with Gasteiger partial charge in [-0.1, -0.05) is 12.2 Å². The third kappa shape index (κ3) is 9.17. The van der Waals surface area contributed by atoms with Gasteiger partial charge in [-0.05, 0) is 0 Å². The molecule has 0 aromatic rings. The Kier molecular flexibility index (Phi) is 13.0. The Bertz CT molecular complexity index is 53.5. The smallest absolute Gasteiger partial charge is 0.0649 e. The molecule has 0 atom stereocenters. The molecule has 1 nitrogen and oxygen atoms in total. The van der Waals surface area contributed by atoms with Crippen molar-refractivity contribution in [1.82, 2.24) is 0 Å². The standard InChI is InChI=1S/C6H10O.Si/c1-3-5-7-6-4-2;/h3-4H,1-2,5-6H2;. The summed E-state index contributed by atoms with van der Waals surface area (Å²) in [5, 5.41) is 0. The van der Waals surface area contributed by atoms with Crippen LogP contribution in [0.3, 0.4) is 0 Å². The van der Waals surface area contributed by atoms with Crippen LogP contribution in [0.1, 0.15) is 0 Å². The van der Waals surface area contributed by atoms with Crippen LogP contribution in [0.25, 0.3) is 0 Å². The lowest BCUT2D eigenvalue weighted by Gasteiger charge is -1.89. The van der Waals surface area contributed by atoms with Gasteiger partial charge in [-0.2, -0.15) is 0 Å². The first-order valence-corrected chi connectivity index (χ1v) is 2.21. The predicted molar refractivity (Wildman–Crippen MR) is 37.0 cm³/mol. The van der Waals surface area contributed by atoms with E-state index in [1.54, 1.807) is 12.2 Å². The Morgan fingerprint density at radius 1 is 1.12 bits per heavy atom. The van der Waals surface area contributed by atoms with Crippen LogP contribution >= 0.6 is 0 Å². The van der Waals surface area contributed by atoms with Crippen molar-refractivity contribution < 1.29 is 4.74 Å². The van der Waals surface area contributed by atoms with Crippen molar-refractivity contribution in [3.8, 4) is 0 Å². The first kappa shape index (κ1) is 10.6. The highest BCUT2D eigenvalue weighted by atomic mass is 28.1. The molecule has 0 amide bonds. The molecule has 0 aliphatic heterocycles. The van der Waals surface area contributed by atoms with Crippen LogP contribution < -0.4 is 0 Å². The van der Waals surface area contributed by atoms with Gasteiger partial charge in [0.05, 0.1) is 13.2 Å². The number of rotatable bonds is 4. The van der Waals surface area contributed by atoms with Crippen LogP contribution in [-0.2, 0) is 4.74 Å². The Balaban J connectivity index is 0. The number of hydrogen-bond donors (Lipinski definition) is 0. The summed E-state index contributed by atoms with van der Waals surface area (Å²) in [5.74, 6) is 0. The molecule has 2 heteroatoms. The van der Waals surface area contributed by atoms with E-state index in [4.69, 9.17) is 4.74 Å². The topological polar surface area (TPSA) is 9.23 Å². The second-order valence-electron chi connectivity index (χ2n) is 1.11. The summed E-state index contributed by atoms with van der Waals surface area (Å²) in [4.78, 5) is 0. The lowest BCUT2D eigenvalue weighted by Crippen LogP contribution is -1.87. The summed E-state index contributed by atoms with van der Waals surface area (Å²) in [5.41, 5.74) is 0. The molecule has 0 aliphatic rings. The van der Waals surface area contributed by atoms with Gasteiger partial charge in [-0.15, -0.1) is 13.2 Å². The van der Waals surface area contributed by atoms with Crippen molar-refractivity contribution in [1.29, 1.82) is 0 Å². The molecular formula is C6H10OSi. The van der Waals surface area contributed by atoms with Gasteiger partial charge in [0, 0.05) is 11.0 Å². The Labute approximate surface area is 55.1 Å². The van der Waals surface area contributed by atoms with Crippen LogP contribution in [0, 0.1) is 0 Å². The van der Waals surface area contributed by atoms with Crippen LogP contribution in [0.15, 0.2) is 25.3 Å². The number of hydrogen-bond acceptors (Lipinski definition) is 1. The van der Waals surface area contributed by atoms with E-state index in [0.717, 1.165) is 0 Å². The van der Waals surface area contributed by atoms with E-state index in [1.807, 2.05) is 0 Å². The maximum Gasteiger partial charge on any atom is 0.0649 e. The second kappa shape index (κ2) is 9.82. The third-order valence-electron chi connectivity index (χ3n) is 0.471. The minimum Gasteiger partial charge on any atom is -0.373 e. The Morgan fingerprint density at radius 2 is 1.50 bits per heavy atom.